The third-order valence-corrected chi connectivity index (χ3v) is 6.45. The van der Waals surface area contributed by atoms with Gasteiger partial charge >= 0.3 is 5.97 Å². The Labute approximate surface area is 208 Å². The molecule has 1 N–H and O–H groups in total. The molecular weight excluding hydrogens is 462 g/mol. The predicted octanol–water partition coefficient (Wildman–Crippen LogP) is 5.02. The zero-order valence-corrected chi connectivity index (χ0v) is 20.0. The van der Waals surface area contributed by atoms with Crippen LogP contribution in [0.2, 0.25) is 0 Å². The summed E-state index contributed by atoms with van der Waals surface area (Å²) in [6.07, 6.45) is 0.0665. The van der Waals surface area contributed by atoms with Crippen molar-refractivity contribution in [2.75, 3.05) is 11.9 Å². The van der Waals surface area contributed by atoms with E-state index in [1.165, 1.54) is 11.8 Å². The largest absolute Gasteiger partial charge is 0.462 e. The lowest BCUT2D eigenvalue weighted by Crippen LogP contribution is -2.44. The molecule has 0 radical (unpaired) electrons. The van der Waals surface area contributed by atoms with Crippen molar-refractivity contribution < 1.29 is 19.1 Å². The molecule has 0 bridgehead atoms. The summed E-state index contributed by atoms with van der Waals surface area (Å²) in [5.74, 6) is -0.834. The fourth-order valence-corrected chi connectivity index (χ4v) is 4.60. The number of carbonyl (C=O) groups excluding carboxylic acids is 3. The van der Waals surface area contributed by atoms with Gasteiger partial charge in [-0.2, -0.15) is 0 Å². The Kier molecular flexibility index (Phi) is 7.95. The van der Waals surface area contributed by atoms with Crippen molar-refractivity contribution in [1.82, 2.24) is 4.90 Å². The molecule has 8 heteroatoms. The van der Waals surface area contributed by atoms with Gasteiger partial charge in [0, 0.05) is 12.1 Å². The van der Waals surface area contributed by atoms with Crippen molar-refractivity contribution in [3.05, 3.63) is 96.1 Å². The van der Waals surface area contributed by atoms with E-state index in [0.717, 1.165) is 5.56 Å². The van der Waals surface area contributed by atoms with Gasteiger partial charge in [0.15, 0.2) is 5.17 Å². The Balaban J connectivity index is 1.59. The summed E-state index contributed by atoms with van der Waals surface area (Å²) in [5.41, 5.74) is 2.62. The number of amides is 2. The second-order valence-electron chi connectivity index (χ2n) is 7.79. The number of para-hydroxylation sites is 1. The van der Waals surface area contributed by atoms with Crippen LogP contribution < -0.4 is 5.32 Å². The molecule has 0 saturated carbocycles. The van der Waals surface area contributed by atoms with Crippen LogP contribution in [0, 0.1) is 0 Å². The van der Waals surface area contributed by atoms with E-state index >= 15 is 0 Å². The highest BCUT2D eigenvalue weighted by molar-refractivity contribution is 8.15. The van der Waals surface area contributed by atoms with E-state index in [2.05, 4.69) is 10.3 Å². The monoisotopic (exact) mass is 487 g/mol. The van der Waals surface area contributed by atoms with Gasteiger partial charge in [-0.3, -0.25) is 14.5 Å². The predicted molar refractivity (Wildman–Crippen MR) is 138 cm³/mol. The molecule has 2 amide bonds. The summed E-state index contributed by atoms with van der Waals surface area (Å²) >= 11 is 1.25. The molecule has 1 heterocycles. The first-order valence-corrected chi connectivity index (χ1v) is 12.1. The lowest BCUT2D eigenvalue weighted by Gasteiger charge is -2.32. The Morgan fingerprint density at radius 1 is 1.00 bits per heavy atom. The van der Waals surface area contributed by atoms with E-state index in [1.54, 1.807) is 48.2 Å². The van der Waals surface area contributed by atoms with E-state index in [4.69, 9.17) is 4.74 Å². The number of amidine groups is 1. The van der Waals surface area contributed by atoms with Crippen LogP contribution in [0.3, 0.4) is 0 Å². The zero-order chi connectivity index (χ0) is 24.6. The topological polar surface area (TPSA) is 88.1 Å². The van der Waals surface area contributed by atoms with Crippen LogP contribution in [-0.4, -0.2) is 39.7 Å². The maximum atomic E-state index is 13.2. The van der Waals surface area contributed by atoms with Crippen molar-refractivity contribution in [2.45, 2.75) is 25.1 Å². The van der Waals surface area contributed by atoms with Gasteiger partial charge in [-0.1, -0.05) is 60.3 Å². The van der Waals surface area contributed by atoms with E-state index in [0.29, 0.717) is 35.3 Å². The van der Waals surface area contributed by atoms with Crippen molar-refractivity contribution >= 4 is 46.1 Å². The van der Waals surface area contributed by atoms with Crippen LogP contribution in [0.25, 0.3) is 0 Å². The second-order valence-corrected chi connectivity index (χ2v) is 8.96. The summed E-state index contributed by atoms with van der Waals surface area (Å²) in [6, 6.07) is 25.4. The molecule has 0 aromatic heterocycles. The van der Waals surface area contributed by atoms with Crippen molar-refractivity contribution in [3.63, 3.8) is 0 Å². The molecule has 0 unspecified atom stereocenters. The summed E-state index contributed by atoms with van der Waals surface area (Å²) in [6.45, 7) is 2.39. The summed E-state index contributed by atoms with van der Waals surface area (Å²) in [5, 5.41) is 2.69. The van der Waals surface area contributed by atoms with E-state index < -0.39 is 11.2 Å². The van der Waals surface area contributed by atoms with Gasteiger partial charge < -0.3 is 10.1 Å². The number of nitrogens with one attached hydrogen (secondary N) is 1. The van der Waals surface area contributed by atoms with Crippen LogP contribution in [0.5, 0.6) is 0 Å². The third kappa shape index (κ3) is 6.36. The number of benzene rings is 3. The number of carbonyl (C=O) groups is 3. The van der Waals surface area contributed by atoms with Crippen molar-refractivity contribution in [2.24, 2.45) is 4.99 Å². The molecule has 7 nitrogen and oxygen atoms in total. The normalized spacial score (nSPS) is 16.7. The molecular formula is C27H25N3O4S. The second kappa shape index (κ2) is 11.5. The van der Waals surface area contributed by atoms with Crippen LogP contribution in [0.4, 0.5) is 11.4 Å². The average molecular weight is 488 g/mol. The van der Waals surface area contributed by atoms with Gasteiger partial charge in [0.2, 0.25) is 11.8 Å². The van der Waals surface area contributed by atoms with Crippen molar-refractivity contribution in [3.8, 4) is 0 Å². The van der Waals surface area contributed by atoms with E-state index in [-0.39, 0.29) is 18.2 Å². The molecule has 0 spiro atoms. The summed E-state index contributed by atoms with van der Waals surface area (Å²) < 4.78 is 5.03. The minimum absolute atomic E-state index is 0.0665. The third-order valence-electron chi connectivity index (χ3n) is 5.26. The molecule has 1 saturated heterocycles. The number of hydrogen-bond donors (Lipinski definition) is 1. The van der Waals surface area contributed by atoms with Crippen molar-refractivity contribution in [1.29, 1.82) is 0 Å². The molecule has 1 atom stereocenters. The lowest BCUT2D eigenvalue weighted by molar-refractivity contribution is -0.129. The number of rotatable bonds is 7. The Morgan fingerprint density at radius 3 is 2.31 bits per heavy atom. The fraction of sp³-hybridized carbons (Fsp3) is 0.185. The molecule has 4 rings (SSSR count). The molecule has 178 valence electrons. The highest BCUT2D eigenvalue weighted by Crippen LogP contribution is 2.31. The quantitative estimate of drug-likeness (QED) is 0.473. The number of esters is 1. The maximum Gasteiger partial charge on any atom is 0.338 e. The number of hydrogen-bond acceptors (Lipinski definition) is 6. The van der Waals surface area contributed by atoms with E-state index in [9.17, 15) is 14.4 Å². The van der Waals surface area contributed by atoms with Crippen LogP contribution in [0.15, 0.2) is 89.9 Å². The van der Waals surface area contributed by atoms with Crippen LogP contribution >= 0.6 is 11.8 Å². The summed E-state index contributed by atoms with van der Waals surface area (Å²) in [4.78, 5) is 44.4. The number of aliphatic imine (C=N–C) groups is 1. The smallest absolute Gasteiger partial charge is 0.338 e. The van der Waals surface area contributed by atoms with Gasteiger partial charge in [-0.25, -0.2) is 9.79 Å². The molecule has 1 aliphatic rings. The number of ether oxygens (including phenoxy) is 1. The summed E-state index contributed by atoms with van der Waals surface area (Å²) in [7, 11) is 0. The van der Waals surface area contributed by atoms with Gasteiger partial charge in [0.25, 0.3) is 0 Å². The standard InChI is InChI=1S/C27H25N3O4S/c1-2-34-26(33)20-13-15-22(16-14-20)29-27-30(18-19-9-5-3-6-10-19)24(31)17-23(35-27)25(32)28-21-11-7-4-8-12-21/h3-16,23H,2,17-18H2,1H3,(H,28,32)/t23-/m1/s1. The first-order chi connectivity index (χ1) is 17.0. The minimum atomic E-state index is -0.618. The van der Waals surface area contributed by atoms with Crippen LogP contribution in [0.1, 0.15) is 29.3 Å². The van der Waals surface area contributed by atoms with Gasteiger partial charge in [0.1, 0.15) is 5.25 Å². The van der Waals surface area contributed by atoms with Crippen LogP contribution in [-0.2, 0) is 20.9 Å². The molecule has 1 fully saturated rings. The Morgan fingerprint density at radius 2 is 1.66 bits per heavy atom. The number of anilines is 1. The van der Waals surface area contributed by atoms with Gasteiger partial charge in [0.05, 0.1) is 24.4 Å². The maximum absolute atomic E-state index is 13.2. The molecule has 1 aliphatic heterocycles. The lowest BCUT2D eigenvalue weighted by atomic mass is 10.2. The number of nitrogens with zero attached hydrogens (tertiary/aromatic N) is 2. The molecule has 0 aliphatic carbocycles. The minimum Gasteiger partial charge on any atom is -0.462 e. The highest BCUT2D eigenvalue weighted by Gasteiger charge is 2.36. The molecule has 35 heavy (non-hydrogen) atoms. The van der Waals surface area contributed by atoms with Gasteiger partial charge in [-0.05, 0) is 48.9 Å². The Hall–Kier alpha value is -3.91. The SMILES string of the molecule is CCOC(=O)c1ccc(N=C2S[C@@H](C(=O)Nc3ccccc3)CC(=O)N2Cc2ccccc2)cc1. The van der Waals surface area contributed by atoms with Gasteiger partial charge in [-0.15, -0.1) is 0 Å². The van der Waals surface area contributed by atoms with E-state index in [1.807, 2.05) is 48.5 Å². The molecule has 3 aromatic carbocycles. The first kappa shape index (κ1) is 24.2. The zero-order valence-electron chi connectivity index (χ0n) is 19.2. The fourth-order valence-electron chi connectivity index (χ4n) is 3.50. The highest BCUT2D eigenvalue weighted by atomic mass is 32.2. The number of thioether (sulfide) groups is 1. The Bertz CT molecular complexity index is 1210. The molecule has 3 aromatic rings. The first-order valence-electron chi connectivity index (χ1n) is 11.3. The average Bonchev–Trinajstić information content (AvgIpc) is 2.87.